The predicted octanol–water partition coefficient (Wildman–Crippen LogP) is 2.57. The van der Waals surface area contributed by atoms with Gasteiger partial charge in [0.25, 0.3) is 0 Å². The summed E-state index contributed by atoms with van der Waals surface area (Å²) < 4.78 is 0. The van der Waals surface area contributed by atoms with E-state index in [0.717, 1.165) is 36.7 Å². The van der Waals surface area contributed by atoms with E-state index in [1.54, 1.807) is 6.33 Å². The standard InChI is InChI=1S/C13H22N4S/c1-2-3-11-12(14)16-9-17-13(11)15-8-10-4-6-18-7-5-10/h9-10H,2-8H2,1H3,(H3,14,15,16,17). The molecular formula is C13H22N4S. The molecule has 1 saturated heterocycles. The van der Waals surface area contributed by atoms with E-state index in [1.165, 1.54) is 24.3 Å². The molecule has 0 spiro atoms. The van der Waals surface area contributed by atoms with E-state index in [0.29, 0.717) is 5.82 Å². The molecule has 2 heterocycles. The largest absolute Gasteiger partial charge is 0.383 e. The molecule has 0 unspecified atom stereocenters. The second-order valence-corrected chi connectivity index (χ2v) is 6.00. The Morgan fingerprint density at radius 1 is 1.39 bits per heavy atom. The lowest BCUT2D eigenvalue weighted by molar-refractivity contribution is 0.515. The van der Waals surface area contributed by atoms with Gasteiger partial charge in [0.15, 0.2) is 0 Å². The summed E-state index contributed by atoms with van der Waals surface area (Å²) in [7, 11) is 0. The monoisotopic (exact) mass is 266 g/mol. The molecule has 1 aliphatic heterocycles. The van der Waals surface area contributed by atoms with E-state index in [4.69, 9.17) is 5.73 Å². The summed E-state index contributed by atoms with van der Waals surface area (Å²) in [5.74, 6) is 4.91. The van der Waals surface area contributed by atoms with Crippen molar-refractivity contribution in [2.45, 2.75) is 32.6 Å². The molecule has 0 saturated carbocycles. The van der Waals surface area contributed by atoms with E-state index in [9.17, 15) is 0 Å². The summed E-state index contributed by atoms with van der Waals surface area (Å²) in [4.78, 5) is 8.41. The molecule has 1 aromatic heterocycles. The Kier molecular flexibility index (Phi) is 5.11. The Hall–Kier alpha value is -0.970. The molecule has 0 bridgehead atoms. The van der Waals surface area contributed by atoms with Crippen LogP contribution in [0, 0.1) is 5.92 Å². The number of hydrogen-bond acceptors (Lipinski definition) is 5. The van der Waals surface area contributed by atoms with Crippen LogP contribution in [0.15, 0.2) is 6.33 Å². The second kappa shape index (κ2) is 6.83. The van der Waals surface area contributed by atoms with Crippen molar-refractivity contribution >= 4 is 23.4 Å². The van der Waals surface area contributed by atoms with Crippen molar-refractivity contribution in [1.82, 2.24) is 9.97 Å². The fourth-order valence-corrected chi connectivity index (χ4v) is 3.47. The van der Waals surface area contributed by atoms with Crippen molar-refractivity contribution < 1.29 is 0 Å². The van der Waals surface area contributed by atoms with Gasteiger partial charge in [-0.2, -0.15) is 11.8 Å². The number of aromatic nitrogens is 2. The Morgan fingerprint density at radius 3 is 2.89 bits per heavy atom. The fraction of sp³-hybridized carbons (Fsp3) is 0.692. The van der Waals surface area contributed by atoms with E-state index >= 15 is 0 Å². The maximum Gasteiger partial charge on any atom is 0.134 e. The maximum absolute atomic E-state index is 5.92. The van der Waals surface area contributed by atoms with Gasteiger partial charge in [0.2, 0.25) is 0 Å². The molecule has 18 heavy (non-hydrogen) atoms. The summed E-state index contributed by atoms with van der Waals surface area (Å²) in [5.41, 5.74) is 7.00. The van der Waals surface area contributed by atoms with Crippen molar-refractivity contribution in [1.29, 1.82) is 0 Å². The predicted molar refractivity (Wildman–Crippen MR) is 79.0 cm³/mol. The Balaban J connectivity index is 1.97. The normalized spacial score (nSPS) is 16.7. The first-order valence-electron chi connectivity index (χ1n) is 6.72. The Bertz CT molecular complexity index is 377. The zero-order valence-electron chi connectivity index (χ0n) is 11.0. The van der Waals surface area contributed by atoms with Gasteiger partial charge in [-0.1, -0.05) is 13.3 Å². The highest BCUT2D eigenvalue weighted by Crippen LogP contribution is 2.24. The van der Waals surface area contributed by atoms with Crippen LogP contribution in [0.3, 0.4) is 0 Å². The van der Waals surface area contributed by atoms with Gasteiger partial charge >= 0.3 is 0 Å². The number of nitrogens with zero attached hydrogens (tertiary/aromatic N) is 2. The molecule has 2 rings (SSSR count). The van der Waals surface area contributed by atoms with Gasteiger partial charge in [-0.3, -0.25) is 0 Å². The molecule has 3 N–H and O–H groups in total. The number of nitrogens with two attached hydrogens (primary N) is 1. The maximum atomic E-state index is 5.92. The summed E-state index contributed by atoms with van der Waals surface area (Å²) in [5, 5.41) is 3.47. The number of hydrogen-bond donors (Lipinski definition) is 2. The molecule has 1 fully saturated rings. The molecule has 4 nitrogen and oxygen atoms in total. The van der Waals surface area contributed by atoms with Crippen LogP contribution >= 0.6 is 11.8 Å². The minimum absolute atomic E-state index is 0.619. The minimum atomic E-state index is 0.619. The highest BCUT2D eigenvalue weighted by Gasteiger charge is 2.15. The number of nitrogens with one attached hydrogen (secondary N) is 1. The van der Waals surface area contributed by atoms with E-state index in [2.05, 4.69) is 34.0 Å². The topological polar surface area (TPSA) is 63.8 Å². The molecule has 0 amide bonds. The number of thioether (sulfide) groups is 1. The minimum Gasteiger partial charge on any atom is -0.383 e. The van der Waals surface area contributed by atoms with Gasteiger partial charge in [0.1, 0.15) is 18.0 Å². The second-order valence-electron chi connectivity index (χ2n) is 4.77. The molecule has 0 aliphatic carbocycles. The average Bonchev–Trinajstić information content (AvgIpc) is 2.41. The van der Waals surface area contributed by atoms with Gasteiger partial charge in [-0.15, -0.1) is 0 Å². The Morgan fingerprint density at radius 2 is 2.17 bits per heavy atom. The third-order valence-electron chi connectivity index (χ3n) is 3.38. The molecule has 1 aliphatic rings. The zero-order chi connectivity index (χ0) is 12.8. The highest BCUT2D eigenvalue weighted by molar-refractivity contribution is 7.99. The van der Waals surface area contributed by atoms with Crippen molar-refractivity contribution in [3.05, 3.63) is 11.9 Å². The van der Waals surface area contributed by atoms with E-state index < -0.39 is 0 Å². The number of nitrogen functional groups attached to an aromatic ring is 1. The Labute approximate surface area is 113 Å². The third-order valence-corrected chi connectivity index (χ3v) is 4.43. The number of rotatable bonds is 5. The summed E-state index contributed by atoms with van der Waals surface area (Å²) in [6.07, 6.45) is 6.16. The van der Waals surface area contributed by atoms with Crippen molar-refractivity contribution in [2.24, 2.45) is 5.92 Å². The van der Waals surface area contributed by atoms with Crippen molar-refractivity contribution in [3.8, 4) is 0 Å². The molecule has 100 valence electrons. The van der Waals surface area contributed by atoms with Crippen LogP contribution in [0.2, 0.25) is 0 Å². The van der Waals surface area contributed by atoms with Crippen LogP contribution in [0.1, 0.15) is 31.7 Å². The van der Waals surface area contributed by atoms with Gasteiger partial charge in [-0.05, 0) is 36.7 Å². The van der Waals surface area contributed by atoms with Crippen LogP contribution in [0.5, 0.6) is 0 Å². The highest BCUT2D eigenvalue weighted by atomic mass is 32.2. The summed E-state index contributed by atoms with van der Waals surface area (Å²) in [6, 6.07) is 0. The first-order chi connectivity index (χ1) is 8.81. The molecule has 0 aromatic carbocycles. The summed E-state index contributed by atoms with van der Waals surface area (Å²) >= 11 is 2.06. The van der Waals surface area contributed by atoms with E-state index in [1.807, 2.05) is 0 Å². The lowest BCUT2D eigenvalue weighted by Gasteiger charge is -2.22. The molecular weight excluding hydrogens is 244 g/mol. The summed E-state index contributed by atoms with van der Waals surface area (Å²) in [6.45, 7) is 3.16. The van der Waals surface area contributed by atoms with Crippen LogP contribution in [-0.2, 0) is 6.42 Å². The van der Waals surface area contributed by atoms with Gasteiger partial charge < -0.3 is 11.1 Å². The van der Waals surface area contributed by atoms with Gasteiger partial charge in [-0.25, -0.2) is 9.97 Å². The first-order valence-corrected chi connectivity index (χ1v) is 7.87. The lowest BCUT2D eigenvalue weighted by Crippen LogP contribution is -2.20. The van der Waals surface area contributed by atoms with Crippen LogP contribution in [0.25, 0.3) is 0 Å². The zero-order valence-corrected chi connectivity index (χ0v) is 11.8. The van der Waals surface area contributed by atoms with Crippen LogP contribution in [-0.4, -0.2) is 28.0 Å². The fourth-order valence-electron chi connectivity index (χ4n) is 2.27. The molecule has 0 radical (unpaired) electrons. The molecule has 5 heteroatoms. The van der Waals surface area contributed by atoms with Crippen molar-refractivity contribution in [2.75, 3.05) is 29.1 Å². The van der Waals surface area contributed by atoms with Crippen molar-refractivity contribution in [3.63, 3.8) is 0 Å². The molecule has 0 atom stereocenters. The quantitative estimate of drug-likeness (QED) is 0.857. The molecule has 1 aromatic rings. The SMILES string of the molecule is CCCc1c(N)ncnc1NCC1CCSCC1. The number of anilines is 2. The smallest absolute Gasteiger partial charge is 0.134 e. The average molecular weight is 266 g/mol. The third kappa shape index (κ3) is 3.51. The van der Waals surface area contributed by atoms with E-state index in [-0.39, 0.29) is 0 Å². The first kappa shape index (κ1) is 13.5. The van der Waals surface area contributed by atoms with Crippen LogP contribution < -0.4 is 11.1 Å². The van der Waals surface area contributed by atoms with Gasteiger partial charge in [0.05, 0.1) is 0 Å². The van der Waals surface area contributed by atoms with Crippen LogP contribution in [0.4, 0.5) is 11.6 Å². The van der Waals surface area contributed by atoms with Gasteiger partial charge in [0, 0.05) is 12.1 Å². The lowest BCUT2D eigenvalue weighted by atomic mass is 10.0.